The van der Waals surface area contributed by atoms with Crippen LogP contribution in [0.3, 0.4) is 0 Å². The van der Waals surface area contributed by atoms with Crippen molar-refractivity contribution >= 4 is 0 Å². The predicted molar refractivity (Wildman–Crippen MR) is 85.4 cm³/mol. The van der Waals surface area contributed by atoms with Crippen molar-refractivity contribution in [2.45, 2.75) is 52.5 Å². The third-order valence-electron chi connectivity index (χ3n) is 4.87. The van der Waals surface area contributed by atoms with Crippen LogP contribution >= 0.6 is 0 Å². The lowest BCUT2D eigenvalue weighted by molar-refractivity contribution is 0.234. The molecule has 1 fully saturated rings. The monoisotopic (exact) mass is 275 g/mol. The Hall–Kier alpha value is -1.02. The molecule has 2 rings (SSSR count). The van der Waals surface area contributed by atoms with Gasteiger partial charge in [-0.2, -0.15) is 0 Å². The Morgan fingerprint density at radius 2 is 1.80 bits per heavy atom. The smallest absolute Gasteiger partial charge is 0.124 e. The lowest BCUT2D eigenvalue weighted by Gasteiger charge is -2.34. The summed E-state index contributed by atoms with van der Waals surface area (Å²) in [6.07, 6.45) is 5.36. The molecule has 1 aromatic rings. The molecule has 0 spiro atoms. The number of hydrogen-bond donors (Lipinski definition) is 1. The van der Waals surface area contributed by atoms with Crippen molar-refractivity contribution in [2.75, 3.05) is 14.2 Å². The zero-order valence-electron chi connectivity index (χ0n) is 13.6. The number of ether oxygens (including phenoxy) is 1. The van der Waals surface area contributed by atoms with E-state index in [0.29, 0.717) is 6.04 Å². The molecular weight excluding hydrogens is 246 g/mol. The van der Waals surface area contributed by atoms with Gasteiger partial charge in [-0.15, -0.1) is 0 Å². The van der Waals surface area contributed by atoms with Gasteiger partial charge in [0, 0.05) is 11.6 Å². The molecule has 1 atom stereocenters. The van der Waals surface area contributed by atoms with Crippen molar-refractivity contribution in [3.05, 3.63) is 28.8 Å². The second-order valence-electron chi connectivity index (χ2n) is 6.48. The van der Waals surface area contributed by atoms with Crippen LogP contribution < -0.4 is 10.1 Å². The molecule has 0 amide bonds. The topological polar surface area (TPSA) is 21.3 Å². The van der Waals surface area contributed by atoms with Crippen LogP contribution in [0.1, 0.15) is 55.3 Å². The summed E-state index contributed by atoms with van der Waals surface area (Å²) in [5, 5.41) is 3.56. The van der Waals surface area contributed by atoms with Crippen LogP contribution in [0.4, 0.5) is 0 Å². The summed E-state index contributed by atoms with van der Waals surface area (Å²) in [4.78, 5) is 0. The van der Waals surface area contributed by atoms with E-state index in [4.69, 9.17) is 4.74 Å². The van der Waals surface area contributed by atoms with Crippen LogP contribution in [-0.2, 0) is 0 Å². The van der Waals surface area contributed by atoms with Gasteiger partial charge in [0.2, 0.25) is 0 Å². The van der Waals surface area contributed by atoms with Gasteiger partial charge in [-0.1, -0.05) is 25.8 Å². The van der Waals surface area contributed by atoms with Crippen molar-refractivity contribution in [2.24, 2.45) is 11.8 Å². The first-order chi connectivity index (χ1) is 9.56. The molecule has 0 radical (unpaired) electrons. The Morgan fingerprint density at radius 1 is 1.15 bits per heavy atom. The fourth-order valence-corrected chi connectivity index (χ4v) is 3.74. The van der Waals surface area contributed by atoms with Crippen molar-refractivity contribution in [3.63, 3.8) is 0 Å². The maximum absolute atomic E-state index is 5.66. The summed E-state index contributed by atoms with van der Waals surface area (Å²) < 4.78 is 5.66. The lowest BCUT2D eigenvalue weighted by Crippen LogP contribution is -2.29. The van der Waals surface area contributed by atoms with Gasteiger partial charge in [-0.3, -0.25) is 0 Å². The summed E-state index contributed by atoms with van der Waals surface area (Å²) in [7, 11) is 3.87. The Morgan fingerprint density at radius 3 is 2.35 bits per heavy atom. The summed E-state index contributed by atoms with van der Waals surface area (Å²) in [6.45, 7) is 6.72. The van der Waals surface area contributed by atoms with E-state index in [-0.39, 0.29) is 0 Å². The van der Waals surface area contributed by atoms with Crippen LogP contribution in [0.25, 0.3) is 0 Å². The maximum atomic E-state index is 5.66. The largest absolute Gasteiger partial charge is 0.496 e. The molecule has 2 heteroatoms. The highest BCUT2D eigenvalue weighted by molar-refractivity contribution is 5.45. The molecule has 20 heavy (non-hydrogen) atoms. The number of rotatable bonds is 4. The van der Waals surface area contributed by atoms with E-state index in [0.717, 1.165) is 17.6 Å². The van der Waals surface area contributed by atoms with Crippen LogP contribution in [0.2, 0.25) is 0 Å². The third-order valence-corrected chi connectivity index (χ3v) is 4.87. The van der Waals surface area contributed by atoms with Crippen LogP contribution in [0, 0.1) is 25.7 Å². The molecule has 1 aromatic carbocycles. The zero-order chi connectivity index (χ0) is 14.7. The van der Waals surface area contributed by atoms with E-state index in [2.05, 4.69) is 45.3 Å². The van der Waals surface area contributed by atoms with Gasteiger partial charge in [-0.25, -0.2) is 0 Å². The Balaban J connectivity index is 2.31. The van der Waals surface area contributed by atoms with Gasteiger partial charge < -0.3 is 10.1 Å². The van der Waals surface area contributed by atoms with Crippen molar-refractivity contribution in [1.29, 1.82) is 0 Å². The highest BCUT2D eigenvalue weighted by atomic mass is 16.5. The molecule has 1 aliphatic rings. The summed E-state index contributed by atoms with van der Waals surface area (Å²) >= 11 is 0. The van der Waals surface area contributed by atoms with E-state index < -0.39 is 0 Å². The summed E-state index contributed by atoms with van der Waals surface area (Å²) in [6, 6.07) is 4.85. The first-order valence-corrected chi connectivity index (χ1v) is 7.89. The molecule has 1 unspecified atom stereocenters. The number of aryl methyl sites for hydroxylation is 2. The summed E-state index contributed by atoms with van der Waals surface area (Å²) in [5.74, 6) is 2.66. The maximum Gasteiger partial charge on any atom is 0.124 e. The van der Waals surface area contributed by atoms with Gasteiger partial charge >= 0.3 is 0 Å². The molecule has 0 heterocycles. The summed E-state index contributed by atoms with van der Waals surface area (Å²) in [5.41, 5.74) is 3.98. The Labute approximate surface area is 123 Å². The molecule has 0 saturated heterocycles. The molecule has 1 N–H and O–H groups in total. The number of nitrogens with one attached hydrogen (secondary N) is 1. The molecule has 1 saturated carbocycles. The SMILES string of the molecule is CNC(c1c(C)cc(C)cc1OC)C1CCC(C)CC1. The Kier molecular flexibility index (Phi) is 5.09. The molecule has 112 valence electrons. The van der Waals surface area contributed by atoms with E-state index >= 15 is 0 Å². The van der Waals surface area contributed by atoms with Gasteiger partial charge in [0.15, 0.2) is 0 Å². The molecule has 0 aliphatic heterocycles. The zero-order valence-corrected chi connectivity index (χ0v) is 13.6. The second kappa shape index (κ2) is 6.62. The molecular formula is C18H29NO. The molecule has 2 nitrogen and oxygen atoms in total. The number of benzene rings is 1. The van der Waals surface area contributed by atoms with E-state index in [1.54, 1.807) is 7.11 Å². The van der Waals surface area contributed by atoms with Crippen molar-refractivity contribution in [1.82, 2.24) is 5.32 Å². The fraction of sp³-hybridized carbons (Fsp3) is 0.667. The minimum absolute atomic E-state index is 0.415. The Bertz CT molecular complexity index is 447. The predicted octanol–water partition coefficient (Wildman–Crippen LogP) is 4.40. The lowest BCUT2D eigenvalue weighted by atomic mass is 9.76. The van der Waals surface area contributed by atoms with E-state index in [9.17, 15) is 0 Å². The van der Waals surface area contributed by atoms with Crippen LogP contribution in [0.5, 0.6) is 5.75 Å². The van der Waals surface area contributed by atoms with Gasteiger partial charge in [0.1, 0.15) is 5.75 Å². The number of hydrogen-bond acceptors (Lipinski definition) is 2. The second-order valence-corrected chi connectivity index (χ2v) is 6.48. The van der Waals surface area contributed by atoms with Crippen LogP contribution in [-0.4, -0.2) is 14.2 Å². The van der Waals surface area contributed by atoms with Gasteiger partial charge in [0.25, 0.3) is 0 Å². The average Bonchev–Trinajstić information content (AvgIpc) is 2.43. The van der Waals surface area contributed by atoms with Crippen LogP contribution in [0.15, 0.2) is 12.1 Å². The van der Waals surface area contributed by atoms with E-state index in [1.165, 1.54) is 42.4 Å². The molecule has 0 bridgehead atoms. The van der Waals surface area contributed by atoms with Crippen molar-refractivity contribution < 1.29 is 4.74 Å². The third kappa shape index (κ3) is 3.17. The minimum Gasteiger partial charge on any atom is -0.496 e. The first kappa shape index (κ1) is 15.4. The highest BCUT2D eigenvalue weighted by Gasteiger charge is 2.29. The molecule has 0 aromatic heterocycles. The van der Waals surface area contributed by atoms with Gasteiger partial charge in [-0.05, 0) is 62.8 Å². The van der Waals surface area contributed by atoms with Gasteiger partial charge in [0.05, 0.1) is 7.11 Å². The van der Waals surface area contributed by atoms with E-state index in [1.807, 2.05) is 0 Å². The standard InChI is InChI=1S/C18H29NO/c1-12-6-8-15(9-7-12)18(19-4)17-14(3)10-13(2)11-16(17)20-5/h10-12,15,18-19H,6-9H2,1-5H3. The minimum atomic E-state index is 0.415. The first-order valence-electron chi connectivity index (χ1n) is 7.89. The average molecular weight is 275 g/mol. The fourth-order valence-electron chi connectivity index (χ4n) is 3.74. The normalized spacial score (nSPS) is 24.4. The number of methoxy groups -OCH3 is 1. The highest BCUT2D eigenvalue weighted by Crippen LogP contribution is 2.41. The van der Waals surface area contributed by atoms with Crippen molar-refractivity contribution in [3.8, 4) is 5.75 Å². The quantitative estimate of drug-likeness (QED) is 0.879. The molecule has 1 aliphatic carbocycles.